The summed E-state index contributed by atoms with van der Waals surface area (Å²) in [6.07, 6.45) is 2.65. The largest absolute Gasteiger partial charge is 0.315 e. The second-order valence-corrected chi connectivity index (χ2v) is 4.04. The molecule has 0 aromatic heterocycles. The van der Waals surface area contributed by atoms with Crippen LogP contribution >= 0.6 is 0 Å². The van der Waals surface area contributed by atoms with E-state index in [0.29, 0.717) is 5.41 Å². The molecule has 1 spiro atoms. The molecular formula is C15H25N. The molecule has 1 N–H and O–H groups in total. The molecule has 0 saturated carbocycles. The Labute approximate surface area is 100 Å². The van der Waals surface area contributed by atoms with E-state index in [2.05, 4.69) is 29.6 Å². The average molecular weight is 219 g/mol. The molecule has 1 heteroatoms. The van der Waals surface area contributed by atoms with Crippen molar-refractivity contribution in [3.8, 4) is 0 Å². The first-order valence-electron chi connectivity index (χ1n) is 6.70. The van der Waals surface area contributed by atoms with Crippen molar-refractivity contribution in [2.75, 3.05) is 13.1 Å². The molecular weight excluding hydrogens is 194 g/mol. The fraction of sp³-hybridized carbons (Fsp3) is 0.600. The number of hydrogen-bond acceptors (Lipinski definition) is 1. The maximum Gasteiger partial charge on any atom is 0.0208 e. The van der Waals surface area contributed by atoms with E-state index >= 15 is 0 Å². The van der Waals surface area contributed by atoms with Gasteiger partial charge in [0.1, 0.15) is 0 Å². The summed E-state index contributed by atoms with van der Waals surface area (Å²) in [5.74, 6) is 0. The third kappa shape index (κ3) is 2.15. The van der Waals surface area contributed by atoms with Gasteiger partial charge in [-0.1, -0.05) is 52.0 Å². The zero-order valence-corrected chi connectivity index (χ0v) is 11.1. The first-order valence-corrected chi connectivity index (χ1v) is 6.70. The van der Waals surface area contributed by atoms with Gasteiger partial charge in [-0.25, -0.2) is 0 Å². The molecule has 90 valence electrons. The van der Waals surface area contributed by atoms with Gasteiger partial charge in [0.15, 0.2) is 0 Å². The van der Waals surface area contributed by atoms with Crippen LogP contribution in [-0.4, -0.2) is 13.1 Å². The van der Waals surface area contributed by atoms with Crippen LogP contribution in [0.2, 0.25) is 0 Å². The quantitative estimate of drug-likeness (QED) is 0.704. The molecule has 1 nitrogen and oxygen atoms in total. The second kappa shape index (κ2) is 6.05. The van der Waals surface area contributed by atoms with Crippen LogP contribution in [0.15, 0.2) is 24.3 Å². The van der Waals surface area contributed by atoms with E-state index in [1.54, 1.807) is 11.1 Å². The molecule has 1 aliphatic carbocycles. The molecule has 0 bridgehead atoms. The molecule has 0 unspecified atom stereocenters. The number of nitrogens with one attached hydrogen (secondary N) is 1. The summed E-state index contributed by atoms with van der Waals surface area (Å²) in [6, 6.07) is 8.92. The van der Waals surface area contributed by atoms with Gasteiger partial charge in [0.05, 0.1) is 0 Å². The molecule has 1 aromatic rings. The smallest absolute Gasteiger partial charge is 0.0208 e. The van der Waals surface area contributed by atoms with Crippen LogP contribution in [0.3, 0.4) is 0 Å². The zero-order valence-electron chi connectivity index (χ0n) is 11.1. The Kier molecular flexibility index (Phi) is 5.01. The zero-order chi connectivity index (χ0) is 12.0. The predicted octanol–water partition coefficient (Wildman–Crippen LogP) is 3.53. The van der Waals surface area contributed by atoms with E-state index in [1.165, 1.54) is 25.9 Å². The van der Waals surface area contributed by atoms with E-state index in [9.17, 15) is 0 Å². The Hall–Kier alpha value is -0.820. The van der Waals surface area contributed by atoms with E-state index in [1.807, 2.05) is 27.7 Å². The Morgan fingerprint density at radius 1 is 1.00 bits per heavy atom. The van der Waals surface area contributed by atoms with Gasteiger partial charge in [0, 0.05) is 18.5 Å². The summed E-state index contributed by atoms with van der Waals surface area (Å²) < 4.78 is 0. The lowest BCUT2D eigenvalue weighted by atomic mass is 9.76. The standard InChI is InChI=1S/C11H13N.2C2H6/c1-2-4-10-9(3-1)5-6-11(10)7-12-8-11;2*1-2/h1-4,12H,5-8H2;2*1-2H3. The van der Waals surface area contributed by atoms with Crippen LogP contribution in [0.1, 0.15) is 45.2 Å². The lowest BCUT2D eigenvalue weighted by molar-refractivity contribution is 0.276. The minimum Gasteiger partial charge on any atom is -0.315 e. The van der Waals surface area contributed by atoms with Crippen molar-refractivity contribution >= 4 is 0 Å². The van der Waals surface area contributed by atoms with Gasteiger partial charge in [0.25, 0.3) is 0 Å². The Balaban J connectivity index is 0.000000291. The van der Waals surface area contributed by atoms with Crippen molar-refractivity contribution in [3.63, 3.8) is 0 Å². The van der Waals surface area contributed by atoms with Crippen LogP contribution in [0.4, 0.5) is 0 Å². The highest BCUT2D eigenvalue weighted by molar-refractivity contribution is 5.41. The Morgan fingerprint density at radius 2 is 1.62 bits per heavy atom. The molecule has 0 radical (unpaired) electrons. The van der Waals surface area contributed by atoms with Crippen molar-refractivity contribution in [2.24, 2.45) is 0 Å². The topological polar surface area (TPSA) is 12.0 Å². The molecule has 3 rings (SSSR count). The summed E-state index contributed by atoms with van der Waals surface area (Å²) in [4.78, 5) is 0. The fourth-order valence-electron chi connectivity index (χ4n) is 2.56. The summed E-state index contributed by atoms with van der Waals surface area (Å²) in [5, 5.41) is 3.38. The molecule has 0 amide bonds. The van der Waals surface area contributed by atoms with E-state index in [0.717, 1.165) is 0 Å². The van der Waals surface area contributed by atoms with Crippen molar-refractivity contribution in [3.05, 3.63) is 35.4 Å². The minimum absolute atomic E-state index is 0.538. The van der Waals surface area contributed by atoms with Crippen molar-refractivity contribution < 1.29 is 0 Å². The van der Waals surface area contributed by atoms with Crippen LogP contribution in [0.25, 0.3) is 0 Å². The molecule has 1 saturated heterocycles. The highest BCUT2D eigenvalue weighted by Gasteiger charge is 2.42. The summed E-state index contributed by atoms with van der Waals surface area (Å²) >= 11 is 0. The predicted molar refractivity (Wildman–Crippen MR) is 72.0 cm³/mol. The number of hydrogen-bond donors (Lipinski definition) is 1. The Morgan fingerprint density at radius 3 is 2.19 bits per heavy atom. The summed E-state index contributed by atoms with van der Waals surface area (Å²) in [7, 11) is 0. The van der Waals surface area contributed by atoms with Gasteiger partial charge in [0.2, 0.25) is 0 Å². The third-order valence-corrected chi connectivity index (χ3v) is 3.39. The van der Waals surface area contributed by atoms with Gasteiger partial charge in [-0.05, 0) is 24.0 Å². The SMILES string of the molecule is CC.CC.c1ccc2c(c1)CCC21CNC1. The third-order valence-electron chi connectivity index (χ3n) is 3.39. The van der Waals surface area contributed by atoms with Gasteiger partial charge in [-0.3, -0.25) is 0 Å². The minimum atomic E-state index is 0.538. The Bertz CT molecular complexity index is 313. The molecule has 0 atom stereocenters. The normalized spacial score (nSPS) is 18.5. The molecule has 1 fully saturated rings. The first kappa shape index (κ1) is 13.2. The number of fused-ring (bicyclic) bond motifs is 2. The lowest BCUT2D eigenvalue weighted by Crippen LogP contribution is -2.55. The molecule has 1 heterocycles. The fourth-order valence-corrected chi connectivity index (χ4v) is 2.56. The number of rotatable bonds is 0. The van der Waals surface area contributed by atoms with Crippen molar-refractivity contribution in [1.29, 1.82) is 0 Å². The highest BCUT2D eigenvalue weighted by atomic mass is 15.0. The molecule has 16 heavy (non-hydrogen) atoms. The maximum atomic E-state index is 3.38. The van der Waals surface area contributed by atoms with Crippen LogP contribution in [-0.2, 0) is 11.8 Å². The van der Waals surface area contributed by atoms with E-state index < -0.39 is 0 Å². The lowest BCUT2D eigenvalue weighted by Gasteiger charge is -2.40. The summed E-state index contributed by atoms with van der Waals surface area (Å²) in [6.45, 7) is 10.4. The molecule has 1 aromatic carbocycles. The van der Waals surface area contributed by atoms with Gasteiger partial charge in [-0.2, -0.15) is 0 Å². The van der Waals surface area contributed by atoms with Crippen LogP contribution in [0, 0.1) is 0 Å². The highest BCUT2D eigenvalue weighted by Crippen LogP contribution is 2.41. The molecule has 2 aliphatic rings. The van der Waals surface area contributed by atoms with E-state index in [4.69, 9.17) is 0 Å². The molecule has 1 aliphatic heterocycles. The van der Waals surface area contributed by atoms with Crippen molar-refractivity contribution in [2.45, 2.75) is 46.0 Å². The summed E-state index contributed by atoms with van der Waals surface area (Å²) in [5.41, 5.74) is 3.74. The van der Waals surface area contributed by atoms with E-state index in [-0.39, 0.29) is 0 Å². The van der Waals surface area contributed by atoms with Crippen LogP contribution < -0.4 is 5.32 Å². The van der Waals surface area contributed by atoms with Gasteiger partial charge >= 0.3 is 0 Å². The van der Waals surface area contributed by atoms with Crippen LogP contribution in [0.5, 0.6) is 0 Å². The van der Waals surface area contributed by atoms with Gasteiger partial charge < -0.3 is 5.32 Å². The number of aryl methyl sites for hydroxylation is 1. The average Bonchev–Trinajstić information content (AvgIpc) is 2.73. The van der Waals surface area contributed by atoms with Crippen molar-refractivity contribution in [1.82, 2.24) is 5.32 Å². The maximum absolute atomic E-state index is 3.38. The first-order chi connectivity index (χ1) is 7.91. The number of benzene rings is 1. The second-order valence-electron chi connectivity index (χ2n) is 4.04. The van der Waals surface area contributed by atoms with Gasteiger partial charge in [-0.15, -0.1) is 0 Å². The monoisotopic (exact) mass is 219 g/mol.